The van der Waals surface area contributed by atoms with Crippen molar-refractivity contribution in [2.45, 2.75) is 19.5 Å². The SMILES string of the molecule is Cc1c(C(F)F)c(C(F)(F)F)c[nH]c1=O. The van der Waals surface area contributed by atoms with Crippen LogP contribution < -0.4 is 5.56 Å². The highest BCUT2D eigenvalue weighted by atomic mass is 19.4. The maximum absolute atomic E-state index is 12.3. The molecular formula is C8H6F5NO. The molecule has 15 heavy (non-hydrogen) atoms. The molecule has 0 saturated carbocycles. The maximum Gasteiger partial charge on any atom is 0.418 e. The zero-order valence-electron chi connectivity index (χ0n) is 7.45. The summed E-state index contributed by atoms with van der Waals surface area (Å²) in [5.74, 6) is 0. The molecule has 2 nitrogen and oxygen atoms in total. The fourth-order valence-electron chi connectivity index (χ4n) is 1.16. The van der Waals surface area contributed by atoms with Gasteiger partial charge in [0.05, 0.1) is 5.56 Å². The van der Waals surface area contributed by atoms with Gasteiger partial charge in [-0.1, -0.05) is 0 Å². The van der Waals surface area contributed by atoms with Gasteiger partial charge in [0.25, 0.3) is 12.0 Å². The van der Waals surface area contributed by atoms with Crippen molar-refractivity contribution in [2.75, 3.05) is 0 Å². The second kappa shape index (κ2) is 3.63. The third-order valence-electron chi connectivity index (χ3n) is 1.91. The van der Waals surface area contributed by atoms with Crippen LogP contribution in [0, 0.1) is 6.92 Å². The number of rotatable bonds is 1. The van der Waals surface area contributed by atoms with Crippen molar-refractivity contribution >= 4 is 0 Å². The first-order valence-corrected chi connectivity index (χ1v) is 3.82. The van der Waals surface area contributed by atoms with Crippen LogP contribution in [0.15, 0.2) is 11.0 Å². The number of alkyl halides is 5. The van der Waals surface area contributed by atoms with Crippen molar-refractivity contribution in [2.24, 2.45) is 0 Å². The second-order valence-electron chi connectivity index (χ2n) is 2.87. The number of halogens is 5. The predicted molar refractivity (Wildman–Crippen MR) is 41.8 cm³/mol. The molecule has 0 unspecified atom stereocenters. The lowest BCUT2D eigenvalue weighted by molar-refractivity contribution is -0.139. The van der Waals surface area contributed by atoms with E-state index in [1.165, 1.54) is 0 Å². The largest absolute Gasteiger partial charge is 0.418 e. The quantitative estimate of drug-likeness (QED) is 0.735. The number of nitrogens with one attached hydrogen (secondary N) is 1. The van der Waals surface area contributed by atoms with E-state index in [1.54, 1.807) is 4.98 Å². The molecule has 0 spiro atoms. The molecule has 7 heteroatoms. The number of H-pyrrole nitrogens is 1. The average molecular weight is 227 g/mol. The molecule has 0 aromatic carbocycles. The van der Waals surface area contributed by atoms with Crippen molar-refractivity contribution in [3.05, 3.63) is 33.2 Å². The van der Waals surface area contributed by atoms with Crippen LogP contribution in [0.25, 0.3) is 0 Å². The van der Waals surface area contributed by atoms with Crippen molar-refractivity contribution in [1.29, 1.82) is 0 Å². The fourth-order valence-corrected chi connectivity index (χ4v) is 1.16. The number of aromatic amines is 1. The minimum absolute atomic E-state index is 0.261. The van der Waals surface area contributed by atoms with Gasteiger partial charge < -0.3 is 4.98 Å². The lowest BCUT2D eigenvalue weighted by Gasteiger charge is -2.13. The Balaban J connectivity index is 3.55. The number of hydrogen-bond donors (Lipinski definition) is 1. The Kier molecular flexibility index (Phi) is 2.83. The first-order valence-electron chi connectivity index (χ1n) is 3.82. The summed E-state index contributed by atoms with van der Waals surface area (Å²) >= 11 is 0. The number of pyridine rings is 1. The van der Waals surface area contributed by atoms with Gasteiger partial charge in [0.1, 0.15) is 0 Å². The van der Waals surface area contributed by atoms with Crippen LogP contribution >= 0.6 is 0 Å². The van der Waals surface area contributed by atoms with Crippen LogP contribution in [-0.2, 0) is 6.18 Å². The topological polar surface area (TPSA) is 32.9 Å². The smallest absolute Gasteiger partial charge is 0.328 e. The minimum Gasteiger partial charge on any atom is -0.328 e. The summed E-state index contributed by atoms with van der Waals surface area (Å²) in [5, 5.41) is 0. The molecule has 1 N–H and O–H groups in total. The van der Waals surface area contributed by atoms with Gasteiger partial charge in [-0.05, 0) is 6.92 Å². The molecule has 0 atom stereocenters. The lowest BCUT2D eigenvalue weighted by atomic mass is 10.1. The summed E-state index contributed by atoms with van der Waals surface area (Å²) in [6, 6.07) is 0. The van der Waals surface area contributed by atoms with Crippen LogP contribution in [0.1, 0.15) is 23.1 Å². The lowest BCUT2D eigenvalue weighted by Crippen LogP contribution is -2.19. The standard InChI is InChI=1S/C8H6F5NO/c1-3-5(6(9)10)4(8(11,12)13)2-14-7(3)15/h2,6H,1H3,(H,14,15). The number of hydrogen-bond acceptors (Lipinski definition) is 1. The van der Waals surface area contributed by atoms with Gasteiger partial charge in [-0.15, -0.1) is 0 Å². The normalized spacial score (nSPS) is 12.2. The molecule has 0 saturated heterocycles. The highest BCUT2D eigenvalue weighted by Gasteiger charge is 2.37. The average Bonchev–Trinajstić information content (AvgIpc) is 2.06. The summed E-state index contributed by atoms with van der Waals surface area (Å²) in [6.07, 6.45) is -7.97. The van der Waals surface area contributed by atoms with Gasteiger partial charge in [0.2, 0.25) is 0 Å². The molecule has 0 aliphatic rings. The molecule has 1 aromatic heterocycles. The summed E-state index contributed by atoms with van der Waals surface area (Å²) in [4.78, 5) is 12.6. The predicted octanol–water partition coefficient (Wildman–Crippen LogP) is 2.64. The zero-order chi connectivity index (χ0) is 11.8. The van der Waals surface area contributed by atoms with Gasteiger partial charge in [-0.3, -0.25) is 4.79 Å². The Morgan fingerprint density at radius 3 is 2.27 bits per heavy atom. The van der Waals surface area contributed by atoms with E-state index in [1.807, 2.05) is 0 Å². The van der Waals surface area contributed by atoms with E-state index in [2.05, 4.69) is 0 Å². The van der Waals surface area contributed by atoms with Gasteiger partial charge in [-0.25, -0.2) is 8.78 Å². The molecule has 0 aliphatic heterocycles. The van der Waals surface area contributed by atoms with Crippen LogP contribution in [0.4, 0.5) is 22.0 Å². The van der Waals surface area contributed by atoms with E-state index in [0.717, 1.165) is 6.92 Å². The first-order chi connectivity index (χ1) is 6.75. The minimum atomic E-state index is -4.90. The van der Waals surface area contributed by atoms with Crippen molar-refractivity contribution < 1.29 is 22.0 Å². The monoisotopic (exact) mass is 227 g/mol. The fraction of sp³-hybridized carbons (Fsp3) is 0.375. The molecule has 0 amide bonds. The Morgan fingerprint density at radius 1 is 1.33 bits per heavy atom. The van der Waals surface area contributed by atoms with E-state index < -0.39 is 34.9 Å². The highest BCUT2D eigenvalue weighted by molar-refractivity contribution is 5.34. The van der Waals surface area contributed by atoms with Gasteiger partial charge in [0, 0.05) is 17.3 Å². The van der Waals surface area contributed by atoms with Crippen LogP contribution in [0.2, 0.25) is 0 Å². The molecule has 0 fully saturated rings. The molecular weight excluding hydrogens is 221 g/mol. The van der Waals surface area contributed by atoms with Crippen molar-refractivity contribution in [1.82, 2.24) is 4.98 Å². The number of aromatic nitrogens is 1. The van der Waals surface area contributed by atoms with E-state index in [4.69, 9.17) is 0 Å². The first kappa shape index (κ1) is 11.7. The molecule has 0 radical (unpaired) electrons. The molecule has 1 rings (SSSR count). The third-order valence-corrected chi connectivity index (χ3v) is 1.91. The van der Waals surface area contributed by atoms with Crippen molar-refractivity contribution in [3.8, 4) is 0 Å². The summed E-state index contributed by atoms with van der Waals surface area (Å²) in [6.45, 7) is 0.926. The van der Waals surface area contributed by atoms with Gasteiger partial charge in [-0.2, -0.15) is 13.2 Å². The van der Waals surface area contributed by atoms with Gasteiger partial charge in [0.15, 0.2) is 0 Å². The van der Waals surface area contributed by atoms with E-state index in [-0.39, 0.29) is 6.20 Å². The van der Waals surface area contributed by atoms with E-state index in [9.17, 15) is 26.7 Å². The summed E-state index contributed by atoms with van der Waals surface area (Å²) in [7, 11) is 0. The highest BCUT2D eigenvalue weighted by Crippen LogP contribution is 2.36. The molecule has 0 bridgehead atoms. The Morgan fingerprint density at radius 2 is 1.87 bits per heavy atom. The van der Waals surface area contributed by atoms with Crippen LogP contribution in [-0.4, -0.2) is 4.98 Å². The van der Waals surface area contributed by atoms with Crippen LogP contribution in [0.5, 0.6) is 0 Å². The zero-order valence-corrected chi connectivity index (χ0v) is 7.45. The van der Waals surface area contributed by atoms with E-state index in [0.29, 0.717) is 0 Å². The maximum atomic E-state index is 12.3. The Bertz CT molecular complexity index is 420. The Labute approximate surface area is 80.7 Å². The second-order valence-corrected chi connectivity index (χ2v) is 2.87. The molecule has 0 aliphatic carbocycles. The molecule has 1 aromatic rings. The third kappa shape index (κ3) is 2.16. The summed E-state index contributed by atoms with van der Waals surface area (Å²) < 4.78 is 61.5. The summed E-state index contributed by atoms with van der Waals surface area (Å²) in [5.41, 5.74) is -4.32. The van der Waals surface area contributed by atoms with Crippen molar-refractivity contribution in [3.63, 3.8) is 0 Å². The molecule has 1 heterocycles. The van der Waals surface area contributed by atoms with Crippen LogP contribution in [0.3, 0.4) is 0 Å². The Hall–Kier alpha value is -1.40. The van der Waals surface area contributed by atoms with E-state index >= 15 is 0 Å². The van der Waals surface area contributed by atoms with Gasteiger partial charge >= 0.3 is 6.18 Å². The molecule has 84 valence electrons.